The summed E-state index contributed by atoms with van der Waals surface area (Å²) in [6, 6.07) is 12.0. The van der Waals surface area contributed by atoms with Crippen LogP contribution < -0.4 is 19.9 Å². The number of para-hydroxylation sites is 2. The summed E-state index contributed by atoms with van der Waals surface area (Å²) in [6.07, 6.45) is 4.80. The smallest absolute Gasteiger partial charge is 0.269 e. The van der Waals surface area contributed by atoms with E-state index in [1.807, 2.05) is 30.3 Å². The standard InChI is InChI=1S/C21H24N6O2/c1-29-19-7-3-2-6-18(19)26-9-11-27(12-10-26)20-16(5-4-8-23-20)13-24-21(28)17-14-22-15-25-17/h2-8,14-15H,9-13H2,1H3,(H,22,25)(H,24,28). The highest BCUT2D eigenvalue weighted by Crippen LogP contribution is 2.29. The van der Waals surface area contributed by atoms with Gasteiger partial charge in [-0.25, -0.2) is 9.97 Å². The number of nitrogens with zero attached hydrogens (tertiary/aromatic N) is 4. The lowest BCUT2D eigenvalue weighted by Crippen LogP contribution is -2.47. The molecule has 3 heterocycles. The van der Waals surface area contributed by atoms with Gasteiger partial charge in [-0.15, -0.1) is 0 Å². The van der Waals surface area contributed by atoms with Crippen molar-refractivity contribution >= 4 is 17.4 Å². The van der Waals surface area contributed by atoms with E-state index in [1.54, 1.807) is 13.3 Å². The maximum atomic E-state index is 12.2. The van der Waals surface area contributed by atoms with E-state index in [0.717, 1.165) is 49.0 Å². The second-order valence-electron chi connectivity index (χ2n) is 6.78. The van der Waals surface area contributed by atoms with Gasteiger partial charge in [-0.2, -0.15) is 0 Å². The van der Waals surface area contributed by atoms with Gasteiger partial charge in [0, 0.05) is 44.5 Å². The molecule has 1 aliphatic rings. The monoisotopic (exact) mass is 392 g/mol. The molecule has 1 saturated heterocycles. The van der Waals surface area contributed by atoms with Crippen molar-refractivity contribution in [3.8, 4) is 5.75 Å². The van der Waals surface area contributed by atoms with Crippen LogP contribution in [0.15, 0.2) is 55.1 Å². The summed E-state index contributed by atoms with van der Waals surface area (Å²) in [5.74, 6) is 1.62. The number of hydrogen-bond acceptors (Lipinski definition) is 6. The van der Waals surface area contributed by atoms with Gasteiger partial charge in [0.15, 0.2) is 0 Å². The minimum Gasteiger partial charge on any atom is -0.495 e. The molecule has 1 fully saturated rings. The number of nitrogens with one attached hydrogen (secondary N) is 2. The second-order valence-corrected chi connectivity index (χ2v) is 6.78. The summed E-state index contributed by atoms with van der Waals surface area (Å²) in [6.45, 7) is 3.84. The summed E-state index contributed by atoms with van der Waals surface area (Å²) >= 11 is 0. The van der Waals surface area contributed by atoms with Crippen LogP contribution in [0, 0.1) is 0 Å². The number of hydrogen-bond donors (Lipinski definition) is 2. The Hall–Kier alpha value is -3.55. The van der Waals surface area contributed by atoms with E-state index >= 15 is 0 Å². The predicted molar refractivity (Wildman–Crippen MR) is 111 cm³/mol. The minimum atomic E-state index is -0.182. The summed E-state index contributed by atoms with van der Waals surface area (Å²) in [4.78, 5) is 28.1. The van der Waals surface area contributed by atoms with Crippen molar-refractivity contribution in [1.29, 1.82) is 0 Å². The number of aromatic nitrogens is 3. The SMILES string of the molecule is COc1ccccc1N1CCN(c2ncccc2CNC(=O)c2cnc[nH]2)CC1. The number of methoxy groups -OCH3 is 1. The first-order valence-electron chi connectivity index (χ1n) is 9.59. The number of pyridine rings is 1. The third kappa shape index (κ3) is 4.16. The normalized spacial score (nSPS) is 14.0. The molecule has 1 aliphatic heterocycles. The van der Waals surface area contributed by atoms with Crippen molar-refractivity contribution in [3.63, 3.8) is 0 Å². The van der Waals surface area contributed by atoms with Crippen molar-refractivity contribution in [2.24, 2.45) is 0 Å². The molecule has 150 valence electrons. The van der Waals surface area contributed by atoms with Gasteiger partial charge < -0.3 is 24.8 Å². The van der Waals surface area contributed by atoms with Crippen LogP contribution in [0.3, 0.4) is 0 Å². The van der Waals surface area contributed by atoms with Gasteiger partial charge >= 0.3 is 0 Å². The molecule has 0 spiro atoms. The molecule has 2 N–H and O–H groups in total. The van der Waals surface area contributed by atoms with E-state index in [0.29, 0.717) is 12.2 Å². The summed E-state index contributed by atoms with van der Waals surface area (Å²) < 4.78 is 5.50. The fourth-order valence-electron chi connectivity index (χ4n) is 3.55. The van der Waals surface area contributed by atoms with Crippen molar-refractivity contribution in [1.82, 2.24) is 20.3 Å². The van der Waals surface area contributed by atoms with Crippen molar-refractivity contribution in [3.05, 3.63) is 66.4 Å². The summed E-state index contributed by atoms with van der Waals surface area (Å²) in [7, 11) is 1.70. The first-order valence-corrected chi connectivity index (χ1v) is 9.59. The Labute approximate surface area is 169 Å². The highest BCUT2D eigenvalue weighted by atomic mass is 16.5. The molecule has 8 nitrogen and oxygen atoms in total. The fourth-order valence-corrected chi connectivity index (χ4v) is 3.55. The van der Waals surface area contributed by atoms with Gasteiger partial charge in [-0.05, 0) is 18.2 Å². The first kappa shape index (κ1) is 18.8. The molecule has 3 aromatic rings. The van der Waals surface area contributed by atoms with Crippen molar-refractivity contribution in [2.45, 2.75) is 6.54 Å². The lowest BCUT2D eigenvalue weighted by molar-refractivity contribution is 0.0946. The van der Waals surface area contributed by atoms with Gasteiger partial charge in [0.1, 0.15) is 17.3 Å². The number of ether oxygens (including phenoxy) is 1. The highest BCUT2D eigenvalue weighted by Gasteiger charge is 2.22. The molecule has 8 heteroatoms. The molecule has 0 atom stereocenters. The molecule has 4 rings (SSSR count). The molecule has 29 heavy (non-hydrogen) atoms. The van der Waals surface area contributed by atoms with Crippen molar-refractivity contribution in [2.75, 3.05) is 43.1 Å². The third-order valence-corrected chi connectivity index (χ3v) is 5.05. The number of benzene rings is 1. The van der Waals surface area contributed by atoms with E-state index in [9.17, 15) is 4.79 Å². The lowest BCUT2D eigenvalue weighted by atomic mass is 10.2. The largest absolute Gasteiger partial charge is 0.495 e. The number of carbonyl (C=O) groups excluding carboxylic acids is 1. The molecular weight excluding hydrogens is 368 g/mol. The summed E-state index contributed by atoms with van der Waals surface area (Å²) in [5, 5.41) is 2.93. The Morgan fingerprint density at radius 1 is 1.14 bits per heavy atom. The van der Waals surface area contributed by atoms with Crippen LogP contribution in [0.4, 0.5) is 11.5 Å². The van der Waals surface area contributed by atoms with E-state index in [2.05, 4.69) is 36.1 Å². The number of rotatable bonds is 6. The Kier molecular flexibility index (Phi) is 5.60. The van der Waals surface area contributed by atoms with Crippen LogP contribution in [0.2, 0.25) is 0 Å². The molecule has 2 aromatic heterocycles. The average molecular weight is 392 g/mol. The van der Waals surface area contributed by atoms with Gasteiger partial charge in [0.25, 0.3) is 5.91 Å². The Bertz CT molecular complexity index is 951. The van der Waals surface area contributed by atoms with Crippen molar-refractivity contribution < 1.29 is 9.53 Å². The molecule has 0 bridgehead atoms. The average Bonchev–Trinajstić information content (AvgIpc) is 3.33. The van der Waals surface area contributed by atoms with E-state index in [-0.39, 0.29) is 5.91 Å². The fraction of sp³-hybridized carbons (Fsp3) is 0.286. The first-order chi connectivity index (χ1) is 14.3. The van der Waals surface area contributed by atoms with Crippen LogP contribution in [-0.4, -0.2) is 54.1 Å². The van der Waals surface area contributed by atoms with Gasteiger partial charge in [0.05, 0.1) is 25.3 Å². The quantitative estimate of drug-likeness (QED) is 0.668. The van der Waals surface area contributed by atoms with E-state index < -0.39 is 0 Å². The van der Waals surface area contributed by atoms with Crippen LogP contribution in [0.5, 0.6) is 5.75 Å². The number of amides is 1. The Morgan fingerprint density at radius 3 is 2.69 bits per heavy atom. The molecule has 0 radical (unpaired) electrons. The third-order valence-electron chi connectivity index (χ3n) is 5.05. The van der Waals surface area contributed by atoms with E-state index in [1.165, 1.54) is 12.5 Å². The molecule has 1 aromatic carbocycles. The summed E-state index contributed by atoms with van der Waals surface area (Å²) in [5.41, 5.74) is 2.55. The minimum absolute atomic E-state index is 0.182. The Morgan fingerprint density at radius 2 is 1.93 bits per heavy atom. The van der Waals surface area contributed by atoms with Crippen LogP contribution in [-0.2, 0) is 6.54 Å². The maximum Gasteiger partial charge on any atom is 0.269 e. The molecule has 1 amide bonds. The molecular formula is C21H24N6O2. The molecule has 0 aliphatic carbocycles. The Balaban J connectivity index is 1.42. The number of anilines is 2. The predicted octanol–water partition coefficient (Wildman–Crippen LogP) is 2.07. The van der Waals surface area contributed by atoms with Gasteiger partial charge in [0.2, 0.25) is 0 Å². The second kappa shape index (κ2) is 8.64. The van der Waals surface area contributed by atoms with Crippen LogP contribution >= 0.6 is 0 Å². The number of H-pyrrole nitrogens is 1. The molecule has 0 saturated carbocycles. The molecule has 0 unspecified atom stereocenters. The van der Waals surface area contributed by atoms with Gasteiger partial charge in [-0.1, -0.05) is 18.2 Å². The van der Waals surface area contributed by atoms with Gasteiger partial charge in [-0.3, -0.25) is 4.79 Å². The zero-order valence-corrected chi connectivity index (χ0v) is 16.3. The lowest BCUT2D eigenvalue weighted by Gasteiger charge is -2.37. The zero-order chi connectivity index (χ0) is 20.1. The van der Waals surface area contributed by atoms with E-state index in [4.69, 9.17) is 4.74 Å². The van der Waals surface area contributed by atoms with Crippen LogP contribution in [0.1, 0.15) is 16.1 Å². The highest BCUT2D eigenvalue weighted by molar-refractivity contribution is 5.91. The number of imidazole rings is 1. The topological polar surface area (TPSA) is 86.4 Å². The number of piperazine rings is 1. The number of carbonyl (C=O) groups is 1. The maximum absolute atomic E-state index is 12.2. The number of aromatic amines is 1. The van der Waals surface area contributed by atoms with Crippen LogP contribution in [0.25, 0.3) is 0 Å². The zero-order valence-electron chi connectivity index (χ0n) is 16.3.